The van der Waals surface area contributed by atoms with Crippen LogP contribution in [0.15, 0.2) is 97.8 Å². The Hall–Kier alpha value is -8.00. The van der Waals surface area contributed by atoms with Gasteiger partial charge in [-0.15, -0.1) is 0 Å². The summed E-state index contributed by atoms with van der Waals surface area (Å²) in [6, 6.07) is 11.0. The lowest BCUT2D eigenvalue weighted by Crippen LogP contribution is -2.61. The summed E-state index contributed by atoms with van der Waals surface area (Å²) in [5, 5.41) is 11.5. The summed E-state index contributed by atoms with van der Waals surface area (Å²) >= 11 is 0. The molecule has 1 amide bonds. The predicted molar refractivity (Wildman–Crippen MR) is 424 cm³/mol. The number of aliphatic hydroxyl groups excluding tert-OH is 1. The number of nitrogens with zero attached hydrogens (tertiary/aromatic N) is 8. The van der Waals surface area contributed by atoms with Gasteiger partial charge in [-0.05, 0) is 177 Å². The van der Waals surface area contributed by atoms with Crippen LogP contribution >= 0.6 is 0 Å². The highest BCUT2D eigenvalue weighted by Gasteiger charge is 2.62. The number of pyridine rings is 1. The molecule has 115 heavy (non-hydrogen) atoms. The molecule has 0 spiro atoms. The van der Waals surface area contributed by atoms with Crippen molar-refractivity contribution in [2.24, 2.45) is 41.4 Å². The van der Waals surface area contributed by atoms with Crippen LogP contribution < -0.4 is 0 Å². The molecule has 29 heteroatoms. The summed E-state index contributed by atoms with van der Waals surface area (Å²) in [6.45, 7) is 28.8. The number of hydrogen-bond donors (Lipinski definition) is 1. The molecule has 0 saturated carbocycles. The third-order valence-corrected chi connectivity index (χ3v) is 24.4. The van der Waals surface area contributed by atoms with E-state index < -0.39 is 161 Å². The highest BCUT2D eigenvalue weighted by molar-refractivity contribution is 6.01. The number of imidazole rings is 2. The summed E-state index contributed by atoms with van der Waals surface area (Å²) in [7, 11) is 10.5. The van der Waals surface area contributed by atoms with Crippen LogP contribution in [-0.2, 0) is 87.4 Å². The Kier molecular flexibility index (Phi) is 32.1. The van der Waals surface area contributed by atoms with Gasteiger partial charge in [0.2, 0.25) is 0 Å². The maximum Gasteiger partial charge on any atom is 0.420 e. The largest absolute Gasteiger partial charge is 0.457 e. The van der Waals surface area contributed by atoms with E-state index in [1.54, 1.807) is 115 Å². The van der Waals surface area contributed by atoms with Crippen LogP contribution in [0.2, 0.25) is 0 Å². The zero-order chi connectivity index (χ0) is 84.9. The number of benzene rings is 1. The number of ketones is 4. The van der Waals surface area contributed by atoms with E-state index in [4.69, 9.17) is 52.1 Å². The van der Waals surface area contributed by atoms with Crippen molar-refractivity contribution in [1.82, 2.24) is 38.8 Å². The first-order valence-corrected chi connectivity index (χ1v) is 40.7. The van der Waals surface area contributed by atoms with E-state index in [1.807, 2.05) is 102 Å². The number of aliphatic hydroxyl groups is 1. The molecule has 5 aliphatic heterocycles. The summed E-state index contributed by atoms with van der Waals surface area (Å²) in [5.41, 5.74) is -3.08. The molecule has 24 atom stereocenters. The Morgan fingerprint density at radius 3 is 1.73 bits per heavy atom. The van der Waals surface area contributed by atoms with Crippen LogP contribution in [0.3, 0.4) is 0 Å². The van der Waals surface area contributed by atoms with Gasteiger partial charge in [-0.3, -0.25) is 33.8 Å². The van der Waals surface area contributed by atoms with Crippen molar-refractivity contribution in [1.29, 1.82) is 0 Å². The van der Waals surface area contributed by atoms with Gasteiger partial charge in [-0.1, -0.05) is 80.5 Å². The number of methoxy groups -OCH3 is 2. The Balaban J connectivity index is 0.000000288. The summed E-state index contributed by atoms with van der Waals surface area (Å²) in [6.07, 6.45) is 6.03. The minimum absolute atomic E-state index is 0.0770. The first-order valence-electron chi connectivity index (χ1n) is 40.7. The molecule has 4 aromatic rings. The average Bonchev–Trinajstić information content (AvgIpc) is 1.60. The maximum absolute atomic E-state index is 14.8. The van der Waals surface area contributed by atoms with Crippen molar-refractivity contribution in [3.05, 3.63) is 103 Å². The minimum atomic E-state index is -1.57. The lowest BCUT2D eigenvalue weighted by molar-refractivity contribution is -0.295. The highest BCUT2D eigenvalue weighted by Crippen LogP contribution is 2.46. The Morgan fingerprint density at radius 1 is 0.643 bits per heavy atom. The Morgan fingerprint density at radius 2 is 1.19 bits per heavy atom. The molecule has 29 nitrogen and oxygen atoms in total. The number of aromatic nitrogens is 5. The number of likely N-dealkylation sites (N-methyl/N-ethyl adjacent to an activating group) is 2. The summed E-state index contributed by atoms with van der Waals surface area (Å²) in [4.78, 5) is 145. The number of carbonyl (C=O) groups is 9. The van der Waals surface area contributed by atoms with Crippen LogP contribution in [0.25, 0.3) is 11.3 Å². The number of aryl methyl sites for hydroxylation is 1. The molecule has 2 unspecified atom stereocenters. The van der Waals surface area contributed by atoms with Crippen molar-refractivity contribution < 1.29 is 100 Å². The van der Waals surface area contributed by atoms with Crippen LogP contribution in [0.5, 0.6) is 0 Å². The zero-order valence-corrected chi connectivity index (χ0v) is 71.4. The van der Waals surface area contributed by atoms with Crippen LogP contribution in [-0.4, -0.2) is 248 Å². The molecular formula is C86H126N8O21. The van der Waals surface area contributed by atoms with Crippen molar-refractivity contribution in [2.45, 2.75) is 283 Å². The molecule has 0 radical (unpaired) electrons. The van der Waals surface area contributed by atoms with E-state index in [-0.39, 0.29) is 80.0 Å². The number of fused-ring (bicyclic) bond motifs is 1. The third kappa shape index (κ3) is 20.9. The van der Waals surface area contributed by atoms with Crippen LogP contribution in [0.1, 0.15) is 185 Å². The lowest BCUT2D eigenvalue weighted by Gasteiger charge is -2.47. The van der Waals surface area contributed by atoms with E-state index in [0.29, 0.717) is 44.3 Å². The van der Waals surface area contributed by atoms with E-state index >= 15 is 0 Å². The number of rotatable bonds is 21. The number of esters is 3. The normalized spacial score (nSPS) is 35.4. The molecule has 636 valence electrons. The van der Waals surface area contributed by atoms with E-state index in [1.165, 1.54) is 46.8 Å². The van der Waals surface area contributed by atoms with Gasteiger partial charge >= 0.3 is 30.1 Å². The minimum Gasteiger partial charge on any atom is -0.457 e. The van der Waals surface area contributed by atoms with Gasteiger partial charge in [-0.25, -0.2) is 28.9 Å². The number of carbonyl (C=O) groups excluding carboxylic acids is 9. The summed E-state index contributed by atoms with van der Waals surface area (Å²) < 4.78 is 72.3. The van der Waals surface area contributed by atoms with Gasteiger partial charge in [-0.2, -0.15) is 0 Å². The third-order valence-electron chi connectivity index (χ3n) is 24.4. The number of unbranched alkanes of at least 4 members (excludes halogenated alkanes) is 1. The second kappa shape index (κ2) is 40.0. The molecule has 0 aliphatic carbocycles. The highest BCUT2D eigenvalue weighted by atomic mass is 16.7. The van der Waals surface area contributed by atoms with Gasteiger partial charge in [0.1, 0.15) is 42.3 Å². The first kappa shape index (κ1) is 92.5. The zero-order valence-electron chi connectivity index (χ0n) is 71.4. The van der Waals surface area contributed by atoms with E-state index in [9.17, 15) is 48.3 Å². The van der Waals surface area contributed by atoms with Crippen molar-refractivity contribution in [2.75, 3.05) is 49.0 Å². The molecular weight excluding hydrogens is 1480 g/mol. The molecule has 8 heterocycles. The van der Waals surface area contributed by atoms with Gasteiger partial charge in [0, 0.05) is 99.5 Å². The van der Waals surface area contributed by atoms with Crippen molar-refractivity contribution in [3.63, 3.8) is 0 Å². The molecule has 3 aromatic heterocycles. The van der Waals surface area contributed by atoms with Gasteiger partial charge in [0.05, 0.1) is 65.3 Å². The van der Waals surface area contributed by atoms with Crippen molar-refractivity contribution >= 4 is 53.2 Å². The van der Waals surface area contributed by atoms with Crippen molar-refractivity contribution in [3.8, 4) is 11.3 Å². The fraction of sp³-hybridized carbons (Fsp3) is 0.674. The summed E-state index contributed by atoms with van der Waals surface area (Å²) in [5.74, 6) is -10.1. The van der Waals surface area contributed by atoms with Gasteiger partial charge < -0.3 is 76.5 Å². The number of hydrogen-bond acceptors (Lipinski definition) is 26. The van der Waals surface area contributed by atoms with Gasteiger partial charge in [0.15, 0.2) is 47.2 Å². The average molecular weight is 1610 g/mol. The van der Waals surface area contributed by atoms with Crippen LogP contribution in [0, 0.1) is 41.4 Å². The van der Waals surface area contributed by atoms with E-state index in [2.05, 4.69) is 15.0 Å². The number of amides is 1. The molecule has 5 aliphatic rings. The first-order chi connectivity index (χ1) is 54.3. The topological polar surface area (TPSA) is 334 Å². The van der Waals surface area contributed by atoms with Crippen LogP contribution in [0.4, 0.5) is 9.59 Å². The second-order valence-electron chi connectivity index (χ2n) is 33.0. The maximum atomic E-state index is 14.8. The SMILES string of the molecule is CC[C@H]1OC(=O)[C@H](C)C(=O)[C@H](C)[C@@H](OC2O[C@H](C)C[C@H](N(C)C)[C@H]2O)[C@@](C)(OC)C[C@@H](C)C(=O)[C@H](C)[C@H]2N(CCCCn3cnc(-c4ccncc4)c3)C(=O)O[C@]12CC.CC[C@H]1OC(=O)[C@H](C)C(=O)[C@H](C)[C@@H](OC2O[C@H](C)C[C@H](N(C)C)[C@H]2OC(=O)c2ccccc2)[C@@](C)(OC)C[C@@H](C)C(=O)/C(C)=C/[C@]1(CC)OC(=O)n1ccnc1. The Bertz CT molecular complexity index is 3970. The molecule has 1 N–H and O–H groups in total. The molecule has 9 rings (SSSR count). The lowest BCUT2D eigenvalue weighted by atomic mass is 9.72. The number of allylic oxidation sites excluding steroid dienone is 1. The molecule has 0 bridgehead atoms. The molecule has 1 aromatic carbocycles. The number of ether oxygens (including phenoxy) is 11. The molecule has 4 fully saturated rings. The molecule has 4 saturated heterocycles. The van der Waals surface area contributed by atoms with Gasteiger partial charge in [0.25, 0.3) is 0 Å². The predicted octanol–water partition coefficient (Wildman–Crippen LogP) is 11.1. The number of Topliss-reactive ketones (excluding diaryl/α,β-unsaturated/α-hetero) is 4. The van der Waals surface area contributed by atoms with E-state index in [0.717, 1.165) is 15.8 Å². The fourth-order valence-corrected chi connectivity index (χ4v) is 17.6. The second-order valence-corrected chi connectivity index (χ2v) is 33.0. The monoisotopic (exact) mass is 1610 g/mol. The smallest absolute Gasteiger partial charge is 0.420 e. The standard InChI is InChI=1S/C44H67N5O10.C42H59N3O11/c1-12-34-44(13-2)38(49(42(54)59-44)21-15-14-20-48-24-32(46-25-48)31-16-18-45-19-17-31)28(5)35(50)26(3)23-43(8,55-11)39(29(6)36(51)30(7)40(53)57-34)58-41-37(52)33(47(9)10)22-27(4)56-41;1-12-32-42(13-2,56-40(50)45-20-19-43-24-45)23-26(4)33(46)25(3)22-41(8,51-11)36(28(6)34(47)29(7)37(48)53-32)55-39-35(31(44(9)10)21-27(5)52-39)54-38(49)30-17-15-14-16-18-30/h16-19,24-30,33-34,37-39,41,52H,12-15,20-23H2,1-11H3;14-20,23-25,27-29,31-32,35-36,39H,12-13,21-22H2,1-11H3/b;26-23+/t26-,27-,28+,29+,30-,33+,34-,37-,38-,39-,41?,43+,44-;25-,27-,28+,29-,31+,32-,35-,36-,39?,41+,42+/m11/s1. The fourth-order valence-electron chi connectivity index (χ4n) is 17.6. The number of cyclic esters (lactones) is 2. The Labute approximate surface area is 677 Å². The quantitative estimate of drug-likeness (QED) is 0.0350.